The van der Waals surface area contributed by atoms with Crippen LogP contribution in [0.3, 0.4) is 0 Å². The van der Waals surface area contributed by atoms with Crippen LogP contribution in [0.25, 0.3) is 0 Å². The van der Waals surface area contributed by atoms with Crippen LogP contribution in [0.5, 0.6) is 0 Å². The first-order chi connectivity index (χ1) is 16.8. The van der Waals surface area contributed by atoms with Crippen molar-refractivity contribution >= 4 is 29.7 Å². The number of aryl methyl sites for hydroxylation is 2. The molecule has 7 nitrogen and oxygen atoms in total. The van der Waals surface area contributed by atoms with Crippen molar-refractivity contribution in [3.63, 3.8) is 0 Å². The van der Waals surface area contributed by atoms with Gasteiger partial charge in [-0.3, -0.25) is 9.59 Å². The molecule has 0 aromatic heterocycles. The highest BCUT2D eigenvalue weighted by atomic mass is 32.2. The molecule has 0 spiro atoms. The Hall–Kier alpha value is -2.48. The molecule has 202 valence electrons. The van der Waals surface area contributed by atoms with E-state index >= 15 is 0 Å². The summed E-state index contributed by atoms with van der Waals surface area (Å²) >= 11 is 1.58. The van der Waals surface area contributed by atoms with Crippen molar-refractivity contribution in [2.45, 2.75) is 91.5 Å². The van der Waals surface area contributed by atoms with E-state index in [-0.39, 0.29) is 24.4 Å². The van der Waals surface area contributed by atoms with Crippen LogP contribution in [0.15, 0.2) is 30.9 Å². The van der Waals surface area contributed by atoms with Crippen LogP contribution < -0.4 is 10.6 Å². The van der Waals surface area contributed by atoms with Gasteiger partial charge in [-0.25, -0.2) is 4.79 Å². The minimum atomic E-state index is -0.869. The number of hydrogen-bond donors (Lipinski definition) is 2. The third kappa shape index (κ3) is 10.2. The first kappa shape index (κ1) is 31.5. The number of hydrogen-bond acceptors (Lipinski definition) is 5. The maximum absolute atomic E-state index is 13.9. The number of thioether (sulfide) groups is 1. The lowest BCUT2D eigenvalue weighted by Gasteiger charge is -2.34. The summed E-state index contributed by atoms with van der Waals surface area (Å²) in [6.45, 7) is 17.3. The minimum Gasteiger partial charge on any atom is -0.444 e. The third-order valence-electron chi connectivity index (χ3n) is 5.73. The Kier molecular flexibility index (Phi) is 13.1. The standard InChI is InChI=1S/C28H45N3O4S/c1-10-12-21(5)29-25(32)24(22-14-13-19(3)20(4)18-22)31(16-11-2)26(33)23(15-17-36-9)30-27(34)35-28(6,7)8/h11,13-14,18,21,23-24H,2,10,12,15-17H2,1,3-9H3,(H,29,32)(H,30,34). The zero-order valence-corrected chi connectivity index (χ0v) is 24.1. The number of amides is 3. The van der Waals surface area contributed by atoms with Crippen LogP contribution in [0.1, 0.15) is 76.6 Å². The van der Waals surface area contributed by atoms with Gasteiger partial charge < -0.3 is 20.3 Å². The minimum absolute atomic E-state index is 0.0376. The Morgan fingerprint density at radius 2 is 1.81 bits per heavy atom. The summed E-state index contributed by atoms with van der Waals surface area (Å²) in [6, 6.07) is 4.05. The number of alkyl carbamates (subject to hydrolysis) is 1. The molecule has 0 aliphatic carbocycles. The molecule has 0 radical (unpaired) electrons. The normalized spacial score (nSPS) is 13.8. The largest absolute Gasteiger partial charge is 0.444 e. The quantitative estimate of drug-likeness (QED) is 0.345. The highest BCUT2D eigenvalue weighted by molar-refractivity contribution is 7.98. The second-order valence-corrected chi connectivity index (χ2v) is 11.2. The molecule has 1 rings (SSSR count). The molecule has 0 aliphatic rings. The number of carbonyl (C=O) groups excluding carboxylic acids is 3. The zero-order valence-electron chi connectivity index (χ0n) is 23.3. The third-order valence-corrected chi connectivity index (χ3v) is 6.37. The molecule has 3 amide bonds. The number of nitrogens with one attached hydrogen (secondary N) is 2. The molecular formula is C28H45N3O4S. The molecule has 1 aromatic rings. The van der Waals surface area contributed by atoms with Crippen molar-refractivity contribution in [2.24, 2.45) is 0 Å². The molecular weight excluding hydrogens is 474 g/mol. The Morgan fingerprint density at radius 3 is 2.33 bits per heavy atom. The number of nitrogens with zero attached hydrogens (tertiary/aromatic N) is 1. The van der Waals surface area contributed by atoms with Gasteiger partial charge in [0.25, 0.3) is 0 Å². The predicted molar refractivity (Wildman–Crippen MR) is 149 cm³/mol. The fraction of sp³-hybridized carbons (Fsp3) is 0.607. The van der Waals surface area contributed by atoms with Crippen LogP contribution in [0, 0.1) is 13.8 Å². The molecule has 0 bridgehead atoms. The summed E-state index contributed by atoms with van der Waals surface area (Å²) in [7, 11) is 0. The highest BCUT2D eigenvalue weighted by Gasteiger charge is 2.36. The Labute approximate surface area is 221 Å². The first-order valence-corrected chi connectivity index (χ1v) is 14.0. The van der Waals surface area contributed by atoms with Gasteiger partial charge in [-0.1, -0.05) is 37.6 Å². The van der Waals surface area contributed by atoms with Crippen molar-refractivity contribution in [2.75, 3.05) is 18.6 Å². The lowest BCUT2D eigenvalue weighted by molar-refractivity contribution is -0.142. The van der Waals surface area contributed by atoms with E-state index < -0.39 is 23.8 Å². The maximum atomic E-state index is 13.9. The molecule has 0 fully saturated rings. The molecule has 3 atom stereocenters. The maximum Gasteiger partial charge on any atom is 0.408 e. The first-order valence-electron chi connectivity index (χ1n) is 12.6. The van der Waals surface area contributed by atoms with Crippen molar-refractivity contribution in [3.8, 4) is 0 Å². The topological polar surface area (TPSA) is 87.7 Å². The molecule has 0 saturated heterocycles. The summed E-state index contributed by atoms with van der Waals surface area (Å²) in [5.41, 5.74) is 2.15. The van der Waals surface area contributed by atoms with Gasteiger partial charge >= 0.3 is 6.09 Å². The van der Waals surface area contributed by atoms with Gasteiger partial charge in [0.2, 0.25) is 11.8 Å². The number of rotatable bonds is 13. The second kappa shape index (κ2) is 14.9. The fourth-order valence-corrected chi connectivity index (χ4v) is 4.31. The summed E-state index contributed by atoms with van der Waals surface area (Å²) < 4.78 is 5.41. The Bertz CT molecular complexity index is 897. The van der Waals surface area contributed by atoms with Crippen LogP contribution >= 0.6 is 11.8 Å². The number of carbonyl (C=O) groups is 3. The second-order valence-electron chi connectivity index (χ2n) is 10.2. The van der Waals surface area contributed by atoms with Crippen molar-refractivity contribution in [1.29, 1.82) is 0 Å². The average molecular weight is 520 g/mol. The van der Waals surface area contributed by atoms with E-state index in [2.05, 4.69) is 24.1 Å². The van der Waals surface area contributed by atoms with Crippen LogP contribution in [0.2, 0.25) is 0 Å². The monoisotopic (exact) mass is 519 g/mol. The lowest BCUT2D eigenvalue weighted by atomic mass is 9.97. The summed E-state index contributed by atoms with van der Waals surface area (Å²) in [5.74, 6) is 0.0499. The van der Waals surface area contributed by atoms with Crippen LogP contribution in [0.4, 0.5) is 4.79 Å². The van der Waals surface area contributed by atoms with Gasteiger partial charge in [-0.2, -0.15) is 11.8 Å². The molecule has 0 heterocycles. The Morgan fingerprint density at radius 1 is 1.14 bits per heavy atom. The number of ether oxygens (including phenoxy) is 1. The predicted octanol–water partition coefficient (Wildman–Crippen LogP) is 5.31. The molecule has 8 heteroatoms. The lowest BCUT2D eigenvalue weighted by Crippen LogP contribution is -2.53. The summed E-state index contributed by atoms with van der Waals surface area (Å²) in [4.78, 5) is 41.7. The van der Waals surface area contributed by atoms with Gasteiger partial charge in [0.1, 0.15) is 17.7 Å². The van der Waals surface area contributed by atoms with Gasteiger partial charge in [0, 0.05) is 12.6 Å². The molecule has 0 saturated carbocycles. The van der Waals surface area contributed by atoms with E-state index in [1.54, 1.807) is 38.6 Å². The van der Waals surface area contributed by atoms with E-state index in [1.807, 2.05) is 45.2 Å². The highest BCUT2D eigenvalue weighted by Crippen LogP contribution is 2.26. The van der Waals surface area contributed by atoms with E-state index in [9.17, 15) is 14.4 Å². The molecule has 2 N–H and O–H groups in total. The van der Waals surface area contributed by atoms with Crippen LogP contribution in [-0.4, -0.2) is 59.0 Å². The van der Waals surface area contributed by atoms with Gasteiger partial charge in [0.05, 0.1) is 0 Å². The van der Waals surface area contributed by atoms with Crippen molar-refractivity contribution in [1.82, 2.24) is 15.5 Å². The molecule has 3 unspecified atom stereocenters. The van der Waals surface area contributed by atoms with Gasteiger partial charge in [-0.15, -0.1) is 6.58 Å². The zero-order chi connectivity index (χ0) is 27.5. The summed E-state index contributed by atoms with van der Waals surface area (Å²) in [6.07, 6.45) is 5.05. The SMILES string of the molecule is C=CCN(C(=O)C(CCSC)NC(=O)OC(C)(C)C)C(C(=O)NC(C)CCC)c1ccc(C)c(C)c1. The van der Waals surface area contributed by atoms with E-state index in [0.717, 1.165) is 29.5 Å². The van der Waals surface area contributed by atoms with Crippen molar-refractivity contribution in [3.05, 3.63) is 47.5 Å². The van der Waals surface area contributed by atoms with E-state index in [1.165, 1.54) is 4.90 Å². The molecule has 0 aliphatic heterocycles. The van der Waals surface area contributed by atoms with Crippen molar-refractivity contribution < 1.29 is 19.1 Å². The summed E-state index contributed by atoms with van der Waals surface area (Å²) in [5, 5.41) is 5.82. The molecule has 1 aromatic carbocycles. The Balaban J connectivity index is 3.46. The van der Waals surface area contributed by atoms with Crippen LogP contribution in [-0.2, 0) is 14.3 Å². The molecule has 36 heavy (non-hydrogen) atoms. The smallest absolute Gasteiger partial charge is 0.408 e. The van der Waals surface area contributed by atoms with E-state index in [4.69, 9.17) is 4.74 Å². The average Bonchev–Trinajstić information content (AvgIpc) is 2.77. The number of benzene rings is 1. The van der Waals surface area contributed by atoms with E-state index in [0.29, 0.717) is 12.2 Å². The fourth-order valence-electron chi connectivity index (χ4n) is 3.84. The van der Waals surface area contributed by atoms with Gasteiger partial charge in [0.15, 0.2) is 0 Å². The van der Waals surface area contributed by atoms with Gasteiger partial charge in [-0.05, 0) is 83.1 Å².